The number of benzene rings is 1. The van der Waals surface area contributed by atoms with Crippen LogP contribution in [0.2, 0.25) is 0 Å². The van der Waals surface area contributed by atoms with Crippen molar-refractivity contribution in [2.45, 2.75) is 6.92 Å². The van der Waals surface area contributed by atoms with Crippen LogP contribution >= 0.6 is 0 Å². The monoisotopic (exact) mass is 232 g/mol. The van der Waals surface area contributed by atoms with E-state index in [4.69, 9.17) is 4.74 Å². The Morgan fingerprint density at radius 1 is 1.29 bits per heavy atom. The van der Waals surface area contributed by atoms with Crippen molar-refractivity contribution in [3.8, 4) is 11.3 Å². The molecule has 2 aromatic rings. The second-order valence-corrected chi connectivity index (χ2v) is 3.45. The second-order valence-electron chi connectivity index (χ2n) is 3.45. The Morgan fingerprint density at radius 3 is 2.53 bits per heavy atom. The fraction of sp³-hybridized carbons (Fsp3) is 0.167. The number of esters is 1. The number of carbonyl (C=O) groups is 1. The van der Waals surface area contributed by atoms with Gasteiger partial charge < -0.3 is 14.7 Å². The maximum Gasteiger partial charge on any atom is 0.338 e. The van der Waals surface area contributed by atoms with E-state index >= 15 is 0 Å². The molecule has 0 radical (unpaired) electrons. The molecule has 0 amide bonds. The third-order valence-corrected chi connectivity index (χ3v) is 2.30. The SMILES string of the molecule is CCOC(=O)c1ccc(-c2c[nH]c(=O)[nH]2)cc1. The fourth-order valence-electron chi connectivity index (χ4n) is 1.49. The maximum atomic E-state index is 11.4. The molecule has 1 aromatic heterocycles. The minimum Gasteiger partial charge on any atom is -0.462 e. The highest BCUT2D eigenvalue weighted by atomic mass is 16.5. The van der Waals surface area contributed by atoms with Crippen LogP contribution in [0.4, 0.5) is 0 Å². The molecule has 1 aromatic carbocycles. The van der Waals surface area contributed by atoms with E-state index in [2.05, 4.69) is 9.97 Å². The molecule has 5 heteroatoms. The minimum atomic E-state index is -0.346. The van der Waals surface area contributed by atoms with Crippen molar-refractivity contribution in [3.63, 3.8) is 0 Å². The van der Waals surface area contributed by atoms with E-state index in [9.17, 15) is 9.59 Å². The molecule has 2 N–H and O–H groups in total. The third kappa shape index (κ3) is 2.44. The predicted molar refractivity (Wildman–Crippen MR) is 62.8 cm³/mol. The minimum absolute atomic E-state index is 0.255. The van der Waals surface area contributed by atoms with E-state index in [-0.39, 0.29) is 11.7 Å². The van der Waals surface area contributed by atoms with E-state index in [0.717, 1.165) is 5.56 Å². The van der Waals surface area contributed by atoms with Gasteiger partial charge in [0.15, 0.2) is 0 Å². The number of nitrogens with one attached hydrogen (secondary N) is 2. The first-order chi connectivity index (χ1) is 8.20. The Labute approximate surface area is 97.4 Å². The number of ether oxygens (including phenoxy) is 1. The number of carbonyl (C=O) groups excluding carboxylic acids is 1. The first-order valence-electron chi connectivity index (χ1n) is 5.26. The van der Waals surface area contributed by atoms with Crippen LogP contribution in [0.3, 0.4) is 0 Å². The highest BCUT2D eigenvalue weighted by Gasteiger charge is 2.06. The summed E-state index contributed by atoms with van der Waals surface area (Å²) in [6, 6.07) is 6.84. The average Bonchev–Trinajstić information content (AvgIpc) is 2.76. The molecule has 88 valence electrons. The quantitative estimate of drug-likeness (QED) is 0.788. The van der Waals surface area contributed by atoms with Crippen LogP contribution in [0, 0.1) is 0 Å². The highest BCUT2D eigenvalue weighted by Crippen LogP contribution is 2.15. The van der Waals surface area contributed by atoms with Crippen LogP contribution in [0.5, 0.6) is 0 Å². The van der Waals surface area contributed by atoms with Gasteiger partial charge in [-0.1, -0.05) is 12.1 Å². The van der Waals surface area contributed by atoms with E-state index in [1.165, 1.54) is 0 Å². The first-order valence-corrected chi connectivity index (χ1v) is 5.26. The summed E-state index contributed by atoms with van der Waals surface area (Å²) in [5, 5.41) is 0. The first kappa shape index (κ1) is 11.2. The van der Waals surface area contributed by atoms with Crippen LogP contribution in [0.25, 0.3) is 11.3 Å². The van der Waals surface area contributed by atoms with Crippen molar-refractivity contribution in [1.82, 2.24) is 9.97 Å². The largest absolute Gasteiger partial charge is 0.462 e. The number of rotatable bonds is 3. The Bertz CT molecular complexity index is 566. The molecule has 0 aliphatic rings. The molecular weight excluding hydrogens is 220 g/mol. The lowest BCUT2D eigenvalue weighted by Gasteiger charge is -2.02. The van der Waals surface area contributed by atoms with Crippen LogP contribution in [0.15, 0.2) is 35.3 Å². The van der Waals surface area contributed by atoms with Gasteiger partial charge in [0, 0.05) is 6.20 Å². The van der Waals surface area contributed by atoms with E-state index in [1.807, 2.05) is 0 Å². The van der Waals surface area contributed by atoms with E-state index in [0.29, 0.717) is 17.9 Å². The summed E-state index contributed by atoms with van der Waals surface area (Å²) >= 11 is 0. The predicted octanol–water partition coefficient (Wildman–Crippen LogP) is 1.55. The molecule has 17 heavy (non-hydrogen) atoms. The molecule has 0 bridgehead atoms. The van der Waals surface area contributed by atoms with E-state index < -0.39 is 0 Å². The zero-order chi connectivity index (χ0) is 12.3. The lowest BCUT2D eigenvalue weighted by Crippen LogP contribution is -2.04. The van der Waals surface area contributed by atoms with Crippen molar-refractivity contribution in [1.29, 1.82) is 0 Å². The number of H-pyrrole nitrogens is 2. The molecule has 0 fully saturated rings. The second kappa shape index (κ2) is 4.69. The summed E-state index contributed by atoms with van der Waals surface area (Å²) in [7, 11) is 0. The highest BCUT2D eigenvalue weighted by molar-refractivity contribution is 5.89. The van der Waals surface area contributed by atoms with Gasteiger partial charge in [0.1, 0.15) is 0 Å². The van der Waals surface area contributed by atoms with Crippen molar-refractivity contribution >= 4 is 5.97 Å². The summed E-state index contributed by atoms with van der Waals surface area (Å²) < 4.78 is 4.87. The van der Waals surface area contributed by atoms with Gasteiger partial charge in [-0.3, -0.25) is 0 Å². The molecule has 0 spiro atoms. The molecule has 1 heterocycles. The summed E-state index contributed by atoms with van der Waals surface area (Å²) in [6.45, 7) is 2.11. The lowest BCUT2D eigenvalue weighted by molar-refractivity contribution is 0.0526. The molecule has 0 aliphatic heterocycles. The normalized spacial score (nSPS) is 10.2. The van der Waals surface area contributed by atoms with Gasteiger partial charge in [0.05, 0.1) is 17.9 Å². The Balaban J connectivity index is 2.24. The van der Waals surface area contributed by atoms with Crippen molar-refractivity contribution < 1.29 is 9.53 Å². The maximum absolute atomic E-state index is 11.4. The molecule has 0 saturated carbocycles. The summed E-state index contributed by atoms with van der Waals surface area (Å²) in [4.78, 5) is 27.5. The molecular formula is C12H12N2O3. The molecule has 0 atom stereocenters. The Kier molecular flexibility index (Phi) is 3.09. The topological polar surface area (TPSA) is 75.0 Å². The average molecular weight is 232 g/mol. The van der Waals surface area contributed by atoms with Gasteiger partial charge in [-0.25, -0.2) is 9.59 Å². The number of imidazole rings is 1. The molecule has 0 unspecified atom stereocenters. The van der Waals surface area contributed by atoms with Crippen LogP contribution < -0.4 is 5.69 Å². The van der Waals surface area contributed by atoms with Crippen molar-refractivity contribution in [3.05, 3.63) is 46.5 Å². The standard InChI is InChI=1S/C12H12N2O3/c1-2-17-11(15)9-5-3-8(4-6-9)10-7-13-12(16)14-10/h3-7H,2H2,1H3,(H2,13,14,16). The van der Waals surface area contributed by atoms with Crippen LogP contribution in [-0.4, -0.2) is 22.5 Å². The van der Waals surface area contributed by atoms with E-state index in [1.54, 1.807) is 37.4 Å². The number of hydrogen-bond donors (Lipinski definition) is 2. The van der Waals surface area contributed by atoms with Gasteiger partial charge in [-0.15, -0.1) is 0 Å². The van der Waals surface area contributed by atoms with Crippen LogP contribution in [0.1, 0.15) is 17.3 Å². The molecule has 5 nitrogen and oxygen atoms in total. The van der Waals surface area contributed by atoms with Gasteiger partial charge in [-0.05, 0) is 24.6 Å². The smallest absolute Gasteiger partial charge is 0.338 e. The van der Waals surface area contributed by atoms with Gasteiger partial charge in [-0.2, -0.15) is 0 Å². The zero-order valence-electron chi connectivity index (χ0n) is 9.32. The Morgan fingerprint density at radius 2 is 2.00 bits per heavy atom. The van der Waals surface area contributed by atoms with Gasteiger partial charge in [0.2, 0.25) is 0 Å². The number of aromatic nitrogens is 2. The lowest BCUT2D eigenvalue weighted by atomic mass is 10.1. The van der Waals surface area contributed by atoms with Gasteiger partial charge in [0.25, 0.3) is 0 Å². The van der Waals surface area contributed by atoms with Crippen LogP contribution in [-0.2, 0) is 4.74 Å². The molecule has 0 aliphatic carbocycles. The van der Waals surface area contributed by atoms with Crippen molar-refractivity contribution in [2.24, 2.45) is 0 Å². The molecule has 0 saturated heterocycles. The third-order valence-electron chi connectivity index (χ3n) is 2.30. The summed E-state index contributed by atoms with van der Waals surface area (Å²) in [5.74, 6) is -0.346. The number of hydrogen-bond acceptors (Lipinski definition) is 3. The zero-order valence-corrected chi connectivity index (χ0v) is 9.32. The number of aromatic amines is 2. The summed E-state index contributed by atoms with van der Waals surface area (Å²) in [6.07, 6.45) is 1.59. The van der Waals surface area contributed by atoms with Crippen molar-refractivity contribution in [2.75, 3.05) is 6.61 Å². The van der Waals surface area contributed by atoms with Gasteiger partial charge >= 0.3 is 11.7 Å². The molecule has 2 rings (SSSR count). The fourth-order valence-corrected chi connectivity index (χ4v) is 1.49. The summed E-state index contributed by atoms with van der Waals surface area (Å²) in [5.41, 5.74) is 1.75. The Hall–Kier alpha value is -2.30.